The van der Waals surface area contributed by atoms with Crippen LogP contribution in [0.4, 0.5) is 4.39 Å². The van der Waals surface area contributed by atoms with Crippen LogP contribution in [0.15, 0.2) is 89.3 Å². The van der Waals surface area contributed by atoms with Gasteiger partial charge in [0, 0.05) is 5.39 Å². The van der Waals surface area contributed by atoms with Crippen molar-refractivity contribution >= 4 is 11.0 Å². The van der Waals surface area contributed by atoms with Gasteiger partial charge in [0.2, 0.25) is 0 Å². The molecule has 0 amide bonds. The highest BCUT2D eigenvalue weighted by molar-refractivity contribution is 5.78. The minimum absolute atomic E-state index is 0.0517. The van der Waals surface area contributed by atoms with Crippen LogP contribution in [-0.2, 0) is 0 Å². The van der Waals surface area contributed by atoms with Crippen LogP contribution in [0.25, 0.3) is 11.0 Å². The number of halogens is 1. The Morgan fingerprint density at radius 3 is 2.09 bits per heavy atom. The molecule has 0 N–H and O–H groups in total. The van der Waals surface area contributed by atoms with E-state index in [1.165, 1.54) is 12.1 Å². The fourth-order valence-corrected chi connectivity index (χ4v) is 2.97. The highest BCUT2D eigenvalue weighted by Crippen LogP contribution is 2.35. The molecule has 0 bridgehead atoms. The molecule has 0 aliphatic heterocycles. The molecule has 1 unspecified atom stereocenters. The fourth-order valence-electron chi connectivity index (χ4n) is 2.97. The van der Waals surface area contributed by atoms with Gasteiger partial charge in [0.05, 0.1) is 5.92 Å². The van der Waals surface area contributed by atoms with E-state index in [1.807, 2.05) is 54.6 Å². The molecule has 0 fully saturated rings. The van der Waals surface area contributed by atoms with Crippen LogP contribution in [-0.4, -0.2) is 0 Å². The first-order valence-electron chi connectivity index (χ1n) is 7.60. The number of furan rings is 1. The van der Waals surface area contributed by atoms with E-state index in [0.717, 1.165) is 27.9 Å². The normalized spacial score (nSPS) is 12.4. The van der Waals surface area contributed by atoms with E-state index in [1.54, 1.807) is 0 Å². The van der Waals surface area contributed by atoms with Crippen molar-refractivity contribution in [2.24, 2.45) is 0 Å². The third kappa shape index (κ3) is 2.64. The number of benzene rings is 3. The molecule has 4 rings (SSSR count). The molecule has 0 spiro atoms. The van der Waals surface area contributed by atoms with E-state index in [-0.39, 0.29) is 11.7 Å². The summed E-state index contributed by atoms with van der Waals surface area (Å²) in [6, 6.07) is 26.8. The topological polar surface area (TPSA) is 13.1 Å². The van der Waals surface area contributed by atoms with Crippen molar-refractivity contribution < 1.29 is 8.81 Å². The van der Waals surface area contributed by atoms with Crippen LogP contribution in [0.5, 0.6) is 0 Å². The van der Waals surface area contributed by atoms with Crippen LogP contribution in [0.2, 0.25) is 0 Å². The zero-order valence-corrected chi connectivity index (χ0v) is 12.4. The van der Waals surface area contributed by atoms with E-state index >= 15 is 0 Å². The quantitative estimate of drug-likeness (QED) is 0.469. The molecule has 0 aliphatic rings. The van der Waals surface area contributed by atoms with Crippen molar-refractivity contribution in [1.29, 1.82) is 0 Å². The minimum atomic E-state index is -0.231. The minimum Gasteiger partial charge on any atom is -0.460 e. The van der Waals surface area contributed by atoms with Gasteiger partial charge in [-0.2, -0.15) is 0 Å². The third-order valence-corrected chi connectivity index (χ3v) is 4.07. The van der Waals surface area contributed by atoms with Gasteiger partial charge in [-0.1, -0.05) is 60.7 Å². The maximum atomic E-state index is 13.3. The van der Waals surface area contributed by atoms with Crippen molar-refractivity contribution in [2.75, 3.05) is 0 Å². The number of hydrogen-bond acceptors (Lipinski definition) is 1. The highest BCUT2D eigenvalue weighted by Gasteiger charge is 2.20. The summed E-state index contributed by atoms with van der Waals surface area (Å²) in [6.07, 6.45) is 0. The van der Waals surface area contributed by atoms with Gasteiger partial charge in [-0.3, -0.25) is 0 Å². The lowest BCUT2D eigenvalue weighted by Gasteiger charge is -2.15. The standard InChI is InChI=1S/C21H15FO/c22-18-12-10-16(11-13-18)21(15-6-2-1-3-7-15)20-14-17-8-4-5-9-19(17)23-20/h1-14,21H. The number of hydrogen-bond donors (Lipinski definition) is 0. The molecule has 2 heteroatoms. The van der Waals surface area contributed by atoms with Crippen LogP contribution >= 0.6 is 0 Å². The van der Waals surface area contributed by atoms with E-state index in [2.05, 4.69) is 18.2 Å². The second-order valence-electron chi connectivity index (χ2n) is 5.58. The number of para-hydroxylation sites is 1. The van der Waals surface area contributed by atoms with Gasteiger partial charge < -0.3 is 4.42 Å². The lowest BCUT2D eigenvalue weighted by molar-refractivity contribution is 0.541. The Morgan fingerprint density at radius 1 is 0.696 bits per heavy atom. The summed E-state index contributed by atoms with van der Waals surface area (Å²) in [6.45, 7) is 0. The van der Waals surface area contributed by atoms with Gasteiger partial charge >= 0.3 is 0 Å². The van der Waals surface area contributed by atoms with Gasteiger partial charge in [0.15, 0.2) is 0 Å². The molecule has 0 radical (unpaired) electrons. The molecule has 4 aromatic rings. The summed E-state index contributed by atoms with van der Waals surface area (Å²) in [5, 5.41) is 1.07. The van der Waals surface area contributed by atoms with Crippen LogP contribution in [0, 0.1) is 5.82 Å². The Kier molecular flexibility index (Phi) is 3.43. The van der Waals surface area contributed by atoms with Crippen molar-refractivity contribution in [3.05, 3.63) is 108 Å². The second-order valence-corrected chi connectivity index (χ2v) is 5.58. The summed E-state index contributed by atoms with van der Waals surface area (Å²) in [5.41, 5.74) is 3.00. The number of rotatable bonds is 3. The largest absolute Gasteiger partial charge is 0.460 e. The van der Waals surface area contributed by atoms with Crippen LogP contribution in [0.3, 0.4) is 0 Å². The summed E-state index contributed by atoms with van der Waals surface area (Å²) >= 11 is 0. The predicted octanol–water partition coefficient (Wildman–Crippen LogP) is 5.75. The van der Waals surface area contributed by atoms with Gasteiger partial charge in [-0.15, -0.1) is 0 Å². The first kappa shape index (κ1) is 13.8. The molecule has 0 aliphatic carbocycles. The Balaban J connectivity index is 1.89. The van der Waals surface area contributed by atoms with Crippen LogP contribution < -0.4 is 0 Å². The van der Waals surface area contributed by atoms with Crippen molar-refractivity contribution in [3.8, 4) is 0 Å². The molecule has 112 valence electrons. The maximum Gasteiger partial charge on any atom is 0.134 e. The van der Waals surface area contributed by atoms with Gasteiger partial charge in [0.25, 0.3) is 0 Å². The molecule has 0 saturated heterocycles. The Hall–Kier alpha value is -2.87. The summed E-state index contributed by atoms with van der Waals surface area (Å²) in [5.74, 6) is 0.582. The van der Waals surface area contributed by atoms with Gasteiger partial charge in [0.1, 0.15) is 17.2 Å². The Labute approximate surface area is 134 Å². The second kappa shape index (κ2) is 5.73. The average Bonchev–Trinajstić information content (AvgIpc) is 3.01. The van der Waals surface area contributed by atoms with Gasteiger partial charge in [-0.05, 0) is 35.4 Å². The third-order valence-electron chi connectivity index (χ3n) is 4.07. The molecular formula is C21H15FO. The molecule has 1 atom stereocenters. The van der Waals surface area contributed by atoms with E-state index in [4.69, 9.17) is 4.42 Å². The predicted molar refractivity (Wildman–Crippen MR) is 90.0 cm³/mol. The lowest BCUT2D eigenvalue weighted by atomic mass is 9.89. The first-order chi connectivity index (χ1) is 11.3. The first-order valence-corrected chi connectivity index (χ1v) is 7.60. The van der Waals surface area contributed by atoms with E-state index in [9.17, 15) is 4.39 Å². The van der Waals surface area contributed by atoms with Gasteiger partial charge in [-0.25, -0.2) is 4.39 Å². The fraction of sp³-hybridized carbons (Fsp3) is 0.0476. The smallest absolute Gasteiger partial charge is 0.134 e. The zero-order chi connectivity index (χ0) is 15.6. The SMILES string of the molecule is Fc1ccc(C(c2ccccc2)c2cc3ccccc3o2)cc1. The summed E-state index contributed by atoms with van der Waals surface area (Å²) in [7, 11) is 0. The van der Waals surface area contributed by atoms with Crippen molar-refractivity contribution in [1.82, 2.24) is 0 Å². The van der Waals surface area contributed by atoms with Crippen molar-refractivity contribution in [3.63, 3.8) is 0 Å². The molecular weight excluding hydrogens is 287 g/mol. The molecule has 1 heterocycles. The molecule has 0 saturated carbocycles. The van der Waals surface area contributed by atoms with Crippen molar-refractivity contribution in [2.45, 2.75) is 5.92 Å². The Bertz CT molecular complexity index is 890. The van der Waals surface area contributed by atoms with Crippen LogP contribution in [0.1, 0.15) is 22.8 Å². The van der Waals surface area contributed by atoms with E-state index in [0.29, 0.717) is 0 Å². The van der Waals surface area contributed by atoms with E-state index < -0.39 is 0 Å². The Morgan fingerprint density at radius 2 is 1.35 bits per heavy atom. The summed E-state index contributed by atoms with van der Waals surface area (Å²) in [4.78, 5) is 0. The summed E-state index contributed by atoms with van der Waals surface area (Å²) < 4.78 is 19.4. The molecule has 23 heavy (non-hydrogen) atoms. The maximum absolute atomic E-state index is 13.3. The lowest BCUT2D eigenvalue weighted by Crippen LogP contribution is -2.02. The average molecular weight is 302 g/mol. The molecule has 1 nitrogen and oxygen atoms in total. The highest BCUT2D eigenvalue weighted by atomic mass is 19.1. The zero-order valence-electron chi connectivity index (χ0n) is 12.4. The molecule has 1 aromatic heterocycles. The number of fused-ring (bicyclic) bond motifs is 1. The monoisotopic (exact) mass is 302 g/mol. The molecule has 3 aromatic carbocycles.